The predicted molar refractivity (Wildman–Crippen MR) is 34.3 cm³/mol. The van der Waals surface area contributed by atoms with Gasteiger partial charge in [0.25, 0.3) is 0 Å². The first-order valence-corrected chi connectivity index (χ1v) is 2.14. The van der Waals surface area contributed by atoms with Gasteiger partial charge in [-0.15, -0.1) is 0 Å². The number of hydrogen-bond donors (Lipinski definition) is 0. The molecule has 0 saturated carbocycles. The number of allylic oxidation sites excluding steroid dienone is 4. The van der Waals surface area contributed by atoms with Crippen LogP contribution in [0.2, 0.25) is 0 Å². The monoisotopic (exact) mass is 117 g/mol. The summed E-state index contributed by atoms with van der Waals surface area (Å²) in [4.78, 5) is 0. The first-order valence-electron chi connectivity index (χ1n) is 2.14. The second kappa shape index (κ2) is 5.16. The van der Waals surface area contributed by atoms with Crippen LogP contribution in [-0.4, -0.2) is 29.6 Å². The maximum absolute atomic E-state index is 4.77. The smallest absolute Gasteiger partial charge is 0.0901 e. The molecule has 1 aliphatic rings. The minimum Gasteiger partial charge on any atom is -0.473 e. The molecule has 0 fully saturated rings. The molecule has 0 aromatic rings. The third kappa shape index (κ3) is 3.08. The van der Waals surface area contributed by atoms with Gasteiger partial charge >= 0.3 is 0 Å². The Morgan fingerprint density at radius 3 is 1.75 bits per heavy atom. The maximum atomic E-state index is 4.77. The van der Waals surface area contributed by atoms with Gasteiger partial charge in [-0.1, -0.05) is 12.2 Å². The van der Waals surface area contributed by atoms with E-state index in [4.69, 9.17) is 4.74 Å². The van der Waals surface area contributed by atoms with Crippen LogP contribution in [0.25, 0.3) is 0 Å². The van der Waals surface area contributed by atoms with Gasteiger partial charge in [-0.3, -0.25) is 0 Å². The van der Waals surface area contributed by atoms with Crippen LogP contribution in [0, 0.1) is 0 Å². The number of rotatable bonds is 0. The molecule has 1 radical (unpaired) electrons. The summed E-state index contributed by atoms with van der Waals surface area (Å²) in [6, 6.07) is 0. The van der Waals surface area contributed by atoms with Gasteiger partial charge < -0.3 is 4.74 Å². The van der Waals surface area contributed by atoms with E-state index in [0.717, 1.165) is 0 Å². The van der Waals surface area contributed by atoms with Crippen LogP contribution in [0.1, 0.15) is 0 Å². The summed E-state index contributed by atoms with van der Waals surface area (Å²) >= 11 is 0. The normalized spacial score (nSPS) is 14.0. The van der Waals surface area contributed by atoms with E-state index in [1.807, 2.05) is 24.3 Å². The topological polar surface area (TPSA) is 9.23 Å². The van der Waals surface area contributed by atoms with Gasteiger partial charge in [-0.25, -0.2) is 0 Å². The molecule has 8 heavy (non-hydrogen) atoms. The van der Waals surface area contributed by atoms with Crippen LogP contribution < -0.4 is 0 Å². The first kappa shape index (κ1) is 8.02. The molecule has 0 saturated heterocycles. The Kier molecular flexibility index (Phi) is 5.18. The summed E-state index contributed by atoms with van der Waals surface area (Å²) in [5, 5.41) is 0. The van der Waals surface area contributed by atoms with Gasteiger partial charge in [0.15, 0.2) is 0 Å². The van der Waals surface area contributed by atoms with E-state index in [1.54, 1.807) is 12.5 Å². The molecule has 0 atom stereocenters. The van der Waals surface area contributed by atoms with E-state index < -0.39 is 0 Å². The maximum Gasteiger partial charge on any atom is 0.0901 e. The van der Waals surface area contributed by atoms with E-state index >= 15 is 0 Å². The molecule has 0 aromatic carbocycles. The van der Waals surface area contributed by atoms with Crippen molar-refractivity contribution in [2.45, 2.75) is 0 Å². The summed E-state index contributed by atoms with van der Waals surface area (Å²) in [5.74, 6) is 0. The van der Waals surface area contributed by atoms with E-state index in [-0.39, 0.29) is 29.6 Å². The fraction of sp³-hybridized carbons (Fsp3) is 0. The van der Waals surface area contributed by atoms with E-state index in [1.165, 1.54) is 0 Å². The van der Waals surface area contributed by atoms with Gasteiger partial charge in [0.1, 0.15) is 0 Å². The third-order valence-electron chi connectivity index (χ3n) is 0.648. The summed E-state index contributed by atoms with van der Waals surface area (Å²) in [7, 11) is 0. The number of hydrogen-bond acceptors (Lipinski definition) is 1. The molecule has 1 aliphatic heterocycles. The second-order valence-electron chi connectivity index (χ2n) is 1.18. The Hall–Kier alpha value is 0.0200. The Morgan fingerprint density at radius 1 is 0.750 bits per heavy atom. The molecular weight excluding hydrogens is 111 g/mol. The minimum atomic E-state index is 0. The molecule has 1 heterocycles. The molecule has 1 nitrogen and oxygen atoms in total. The molecule has 0 bridgehead atoms. The summed E-state index contributed by atoms with van der Waals surface area (Å²) in [6.07, 6.45) is 10.7. The average Bonchev–Trinajstić information content (AvgIpc) is 1.90. The van der Waals surface area contributed by atoms with Crippen LogP contribution in [0.4, 0.5) is 0 Å². The fourth-order valence-corrected chi connectivity index (χ4v) is 0.355. The van der Waals surface area contributed by atoms with E-state index in [9.17, 15) is 0 Å². The SMILES string of the molecule is C1=CC=COC=C1.[Na]. The molecule has 1 rings (SSSR count). The van der Waals surface area contributed by atoms with Crippen molar-refractivity contribution in [3.8, 4) is 0 Å². The Labute approximate surface area is 71.0 Å². The van der Waals surface area contributed by atoms with Gasteiger partial charge in [0, 0.05) is 29.6 Å². The Morgan fingerprint density at radius 2 is 1.25 bits per heavy atom. The molecule has 2 heteroatoms. The van der Waals surface area contributed by atoms with Crippen molar-refractivity contribution >= 4 is 29.6 Å². The van der Waals surface area contributed by atoms with Crippen molar-refractivity contribution in [2.75, 3.05) is 0 Å². The van der Waals surface area contributed by atoms with Gasteiger partial charge in [0.05, 0.1) is 12.5 Å². The largest absolute Gasteiger partial charge is 0.473 e. The summed E-state index contributed by atoms with van der Waals surface area (Å²) < 4.78 is 4.77. The molecule has 0 amide bonds. The third-order valence-corrected chi connectivity index (χ3v) is 0.648. The Bertz CT molecular complexity index is 110. The van der Waals surface area contributed by atoms with Gasteiger partial charge in [-0.2, -0.15) is 0 Å². The van der Waals surface area contributed by atoms with E-state index in [2.05, 4.69) is 0 Å². The molecule has 0 aromatic heterocycles. The van der Waals surface area contributed by atoms with Crippen LogP contribution in [0.5, 0.6) is 0 Å². The molecule has 0 aliphatic carbocycles. The Balaban J connectivity index is 0.000000490. The zero-order valence-corrected chi connectivity index (χ0v) is 6.87. The van der Waals surface area contributed by atoms with Crippen molar-refractivity contribution in [3.63, 3.8) is 0 Å². The first-order chi connectivity index (χ1) is 3.50. The molecular formula is C6H6NaO. The minimum absolute atomic E-state index is 0. The van der Waals surface area contributed by atoms with Crippen LogP contribution in [0.3, 0.4) is 0 Å². The van der Waals surface area contributed by atoms with Crippen LogP contribution in [0.15, 0.2) is 36.8 Å². The molecule has 0 spiro atoms. The molecule has 37 valence electrons. The zero-order chi connectivity index (χ0) is 4.95. The van der Waals surface area contributed by atoms with E-state index in [0.29, 0.717) is 0 Å². The quantitative estimate of drug-likeness (QED) is 0.433. The summed E-state index contributed by atoms with van der Waals surface area (Å²) in [5.41, 5.74) is 0. The second-order valence-corrected chi connectivity index (χ2v) is 1.18. The molecule has 0 unspecified atom stereocenters. The molecule has 0 N–H and O–H groups in total. The van der Waals surface area contributed by atoms with Crippen molar-refractivity contribution < 1.29 is 4.74 Å². The predicted octanol–water partition coefficient (Wildman–Crippen LogP) is 1.22. The van der Waals surface area contributed by atoms with Gasteiger partial charge in [0.2, 0.25) is 0 Å². The average molecular weight is 117 g/mol. The van der Waals surface area contributed by atoms with Gasteiger partial charge in [-0.05, 0) is 12.2 Å². The number of ether oxygens (including phenoxy) is 1. The van der Waals surface area contributed by atoms with Crippen molar-refractivity contribution in [2.24, 2.45) is 0 Å². The summed E-state index contributed by atoms with van der Waals surface area (Å²) in [6.45, 7) is 0. The standard InChI is InChI=1S/C6H6O.Na/c1-2-4-6-7-5-3-1;/h1-6H;. The fourth-order valence-electron chi connectivity index (χ4n) is 0.355. The zero-order valence-electron chi connectivity index (χ0n) is 4.87. The van der Waals surface area contributed by atoms with Crippen molar-refractivity contribution in [3.05, 3.63) is 36.8 Å². The van der Waals surface area contributed by atoms with Crippen LogP contribution in [-0.2, 0) is 4.74 Å². The van der Waals surface area contributed by atoms with Crippen molar-refractivity contribution in [1.29, 1.82) is 0 Å². The van der Waals surface area contributed by atoms with Crippen LogP contribution >= 0.6 is 0 Å². The van der Waals surface area contributed by atoms with Crippen molar-refractivity contribution in [1.82, 2.24) is 0 Å².